The highest BCUT2D eigenvalue weighted by Gasteiger charge is 2.31. The van der Waals surface area contributed by atoms with E-state index < -0.39 is 5.91 Å². The molecule has 1 heterocycles. The van der Waals surface area contributed by atoms with E-state index in [4.69, 9.17) is 44.9 Å². The zero-order chi connectivity index (χ0) is 27.1. The van der Waals surface area contributed by atoms with Gasteiger partial charge in [-0.3, -0.25) is 14.5 Å². The smallest absolute Gasteiger partial charge is 0.266 e. The van der Waals surface area contributed by atoms with Crippen LogP contribution in [0.1, 0.15) is 18.1 Å². The van der Waals surface area contributed by atoms with Gasteiger partial charge in [0, 0.05) is 6.54 Å². The number of amides is 2. The van der Waals surface area contributed by atoms with Crippen molar-refractivity contribution in [3.8, 4) is 11.5 Å². The topological polar surface area (TPSA) is 67.9 Å². The number of thioether (sulfide) groups is 1. The molecule has 10 heteroatoms. The fraction of sp³-hybridized carbons (Fsp3) is 0.179. The number of anilines is 1. The SMILES string of the molecule is CCOc1cc(/C=C2\SC(=S)N(CCc3ccccc3)C2=O)ccc1OCC(=O)Nc1cccc(Cl)c1Cl. The highest BCUT2D eigenvalue weighted by molar-refractivity contribution is 8.26. The number of nitrogens with zero attached hydrogens (tertiary/aromatic N) is 1. The molecule has 0 radical (unpaired) electrons. The fourth-order valence-corrected chi connectivity index (χ4v) is 5.32. The average molecular weight is 588 g/mol. The van der Waals surface area contributed by atoms with Crippen molar-refractivity contribution in [3.05, 3.63) is 92.8 Å². The number of ether oxygens (including phenoxy) is 2. The van der Waals surface area contributed by atoms with E-state index in [0.717, 1.165) is 17.5 Å². The quantitative estimate of drug-likeness (QED) is 0.207. The van der Waals surface area contributed by atoms with Gasteiger partial charge in [-0.05, 0) is 54.8 Å². The monoisotopic (exact) mass is 586 g/mol. The Morgan fingerprint density at radius 1 is 1.05 bits per heavy atom. The summed E-state index contributed by atoms with van der Waals surface area (Å²) in [6, 6.07) is 20.2. The van der Waals surface area contributed by atoms with Gasteiger partial charge in [-0.2, -0.15) is 0 Å². The highest BCUT2D eigenvalue weighted by atomic mass is 35.5. The van der Waals surface area contributed by atoms with Crippen molar-refractivity contribution >= 4 is 75.1 Å². The van der Waals surface area contributed by atoms with Crippen LogP contribution >= 0.6 is 47.2 Å². The van der Waals surface area contributed by atoms with Crippen molar-refractivity contribution in [2.75, 3.05) is 25.1 Å². The lowest BCUT2D eigenvalue weighted by Crippen LogP contribution is -2.30. The first-order chi connectivity index (χ1) is 18.4. The van der Waals surface area contributed by atoms with Crippen LogP contribution in [0.3, 0.4) is 0 Å². The molecule has 0 aromatic heterocycles. The number of rotatable bonds is 10. The summed E-state index contributed by atoms with van der Waals surface area (Å²) in [5.74, 6) is 0.326. The molecule has 6 nitrogen and oxygen atoms in total. The highest BCUT2D eigenvalue weighted by Crippen LogP contribution is 2.35. The molecule has 1 saturated heterocycles. The van der Waals surface area contributed by atoms with E-state index in [0.29, 0.717) is 44.6 Å². The summed E-state index contributed by atoms with van der Waals surface area (Å²) in [5.41, 5.74) is 2.29. The normalized spacial score (nSPS) is 14.2. The van der Waals surface area contributed by atoms with E-state index in [1.54, 1.807) is 47.4 Å². The van der Waals surface area contributed by atoms with Crippen molar-refractivity contribution in [1.82, 2.24) is 4.90 Å². The number of carbonyl (C=O) groups excluding carboxylic acids is 2. The number of hydrogen-bond donors (Lipinski definition) is 1. The van der Waals surface area contributed by atoms with Crippen LogP contribution in [0, 0.1) is 0 Å². The minimum Gasteiger partial charge on any atom is -0.490 e. The Labute approximate surface area is 240 Å². The predicted molar refractivity (Wildman–Crippen MR) is 158 cm³/mol. The van der Waals surface area contributed by atoms with Crippen molar-refractivity contribution < 1.29 is 19.1 Å². The number of benzene rings is 3. The van der Waals surface area contributed by atoms with E-state index in [1.807, 2.05) is 37.3 Å². The van der Waals surface area contributed by atoms with Gasteiger partial charge in [0.2, 0.25) is 0 Å². The molecule has 3 aromatic carbocycles. The number of hydrogen-bond acceptors (Lipinski definition) is 6. The van der Waals surface area contributed by atoms with Crippen molar-refractivity contribution in [3.63, 3.8) is 0 Å². The maximum Gasteiger partial charge on any atom is 0.266 e. The molecule has 1 aliphatic rings. The van der Waals surface area contributed by atoms with Gasteiger partial charge in [-0.1, -0.05) is 89.6 Å². The van der Waals surface area contributed by atoms with E-state index >= 15 is 0 Å². The largest absolute Gasteiger partial charge is 0.490 e. The van der Waals surface area contributed by atoms with Gasteiger partial charge >= 0.3 is 0 Å². The van der Waals surface area contributed by atoms with Crippen LogP contribution in [0.4, 0.5) is 5.69 Å². The number of thiocarbonyl (C=S) groups is 1. The Morgan fingerprint density at radius 2 is 1.84 bits per heavy atom. The third-order valence-corrected chi connectivity index (χ3v) is 7.69. The molecule has 0 aliphatic carbocycles. The molecule has 0 unspecified atom stereocenters. The summed E-state index contributed by atoms with van der Waals surface area (Å²) in [6.07, 6.45) is 2.50. The second kappa shape index (κ2) is 13.2. The Morgan fingerprint density at radius 3 is 2.61 bits per heavy atom. The average Bonchev–Trinajstić information content (AvgIpc) is 3.17. The molecular formula is C28H24Cl2N2O4S2. The van der Waals surface area contributed by atoms with Gasteiger partial charge in [-0.15, -0.1) is 0 Å². The molecule has 1 aliphatic heterocycles. The molecule has 2 amide bonds. The zero-order valence-corrected chi connectivity index (χ0v) is 23.6. The fourth-order valence-electron chi connectivity index (χ4n) is 3.66. The van der Waals surface area contributed by atoms with Gasteiger partial charge in [0.05, 0.1) is 27.2 Å². The van der Waals surface area contributed by atoms with Crippen LogP contribution in [0.15, 0.2) is 71.6 Å². The molecule has 3 aromatic rings. The summed E-state index contributed by atoms with van der Waals surface area (Å²) in [4.78, 5) is 27.6. The predicted octanol–water partition coefficient (Wildman–Crippen LogP) is 6.85. The Kier molecular flexibility index (Phi) is 9.69. The second-order valence-electron chi connectivity index (χ2n) is 8.15. The van der Waals surface area contributed by atoms with Crippen LogP contribution in [-0.2, 0) is 16.0 Å². The minimum atomic E-state index is -0.403. The van der Waals surface area contributed by atoms with Crippen LogP contribution in [0.2, 0.25) is 10.0 Å². The molecule has 0 bridgehead atoms. The first-order valence-electron chi connectivity index (χ1n) is 11.8. The summed E-state index contributed by atoms with van der Waals surface area (Å²) in [7, 11) is 0. The van der Waals surface area contributed by atoms with Gasteiger partial charge in [0.15, 0.2) is 18.1 Å². The third kappa shape index (κ3) is 7.08. The summed E-state index contributed by atoms with van der Waals surface area (Å²) in [5, 5.41) is 3.28. The second-order valence-corrected chi connectivity index (χ2v) is 10.6. The van der Waals surface area contributed by atoms with Crippen LogP contribution in [-0.4, -0.2) is 40.8 Å². The van der Waals surface area contributed by atoms with Crippen LogP contribution < -0.4 is 14.8 Å². The maximum absolute atomic E-state index is 13.0. The Bertz CT molecular complexity index is 1380. The zero-order valence-electron chi connectivity index (χ0n) is 20.4. The maximum atomic E-state index is 13.0. The van der Waals surface area contributed by atoms with E-state index in [-0.39, 0.29) is 17.5 Å². The summed E-state index contributed by atoms with van der Waals surface area (Å²) in [6.45, 7) is 2.50. The Balaban J connectivity index is 1.42. The van der Waals surface area contributed by atoms with Crippen molar-refractivity contribution in [2.24, 2.45) is 0 Å². The summed E-state index contributed by atoms with van der Waals surface area (Å²) < 4.78 is 12.0. The molecule has 1 fully saturated rings. The molecule has 0 spiro atoms. The molecule has 196 valence electrons. The number of halogens is 2. The first-order valence-corrected chi connectivity index (χ1v) is 13.8. The van der Waals surface area contributed by atoms with Crippen molar-refractivity contribution in [2.45, 2.75) is 13.3 Å². The number of nitrogens with one attached hydrogen (secondary N) is 1. The van der Waals surface area contributed by atoms with Crippen molar-refractivity contribution in [1.29, 1.82) is 0 Å². The molecule has 0 atom stereocenters. The molecule has 1 N–H and O–H groups in total. The number of carbonyl (C=O) groups is 2. The molecule has 0 saturated carbocycles. The first kappa shape index (κ1) is 28.0. The van der Waals surface area contributed by atoms with Crippen LogP contribution in [0.25, 0.3) is 6.08 Å². The molecule has 38 heavy (non-hydrogen) atoms. The van der Waals surface area contributed by atoms with Gasteiger partial charge in [0.1, 0.15) is 4.32 Å². The Hall–Kier alpha value is -3.04. The third-order valence-electron chi connectivity index (χ3n) is 5.49. The molecule has 4 rings (SSSR count). The van der Waals surface area contributed by atoms with Gasteiger partial charge < -0.3 is 14.8 Å². The lowest BCUT2D eigenvalue weighted by molar-refractivity contribution is -0.122. The van der Waals surface area contributed by atoms with E-state index in [2.05, 4.69) is 5.32 Å². The molecular weight excluding hydrogens is 563 g/mol. The standard InChI is InChI=1S/C28H24Cl2N2O4S2/c1-2-35-23-15-19(11-12-22(23)36-17-25(33)31-21-10-6-9-20(29)26(21)30)16-24-27(34)32(28(37)38-24)14-13-18-7-4-3-5-8-18/h3-12,15-16H,2,13-14,17H2,1H3,(H,31,33)/b24-16-. The summed E-state index contributed by atoms with van der Waals surface area (Å²) >= 11 is 18.9. The van der Waals surface area contributed by atoms with E-state index in [1.165, 1.54) is 11.8 Å². The van der Waals surface area contributed by atoms with Gasteiger partial charge in [0.25, 0.3) is 11.8 Å². The lowest BCUT2D eigenvalue weighted by atomic mass is 10.1. The van der Waals surface area contributed by atoms with E-state index in [9.17, 15) is 9.59 Å². The van der Waals surface area contributed by atoms with Gasteiger partial charge in [-0.25, -0.2) is 0 Å². The lowest BCUT2D eigenvalue weighted by Gasteiger charge is -2.14. The minimum absolute atomic E-state index is 0.120. The van der Waals surface area contributed by atoms with Crippen LogP contribution in [0.5, 0.6) is 11.5 Å².